The van der Waals surface area contributed by atoms with Gasteiger partial charge in [0.2, 0.25) is 5.91 Å². The molecule has 0 bridgehead atoms. The number of allylic oxidation sites excluding steroid dienone is 1. The molecule has 0 spiro atoms. The van der Waals surface area contributed by atoms with Gasteiger partial charge in [0, 0.05) is 23.3 Å². The van der Waals surface area contributed by atoms with Crippen LogP contribution >= 0.6 is 0 Å². The number of anilines is 1. The number of rotatable bonds is 6. The first kappa shape index (κ1) is 22.5. The number of carbonyl (C=O) groups is 3. The van der Waals surface area contributed by atoms with E-state index < -0.39 is 17.4 Å². The van der Waals surface area contributed by atoms with Gasteiger partial charge in [-0.1, -0.05) is 39.8 Å². The zero-order valence-corrected chi connectivity index (χ0v) is 18.1. The quantitative estimate of drug-likeness (QED) is 0.706. The SMILES string of the molecule is CCCN1C(=O)N[C@H](c2ccc(NC(=O)C(C)(C)C)cc2)C(C(=O)OCC)=C1C. The number of nitrogens with one attached hydrogen (secondary N) is 2. The van der Waals surface area contributed by atoms with Crippen LogP contribution in [0.4, 0.5) is 10.5 Å². The van der Waals surface area contributed by atoms with Crippen LogP contribution < -0.4 is 10.6 Å². The van der Waals surface area contributed by atoms with Crippen LogP contribution in [0, 0.1) is 5.41 Å². The van der Waals surface area contributed by atoms with Crippen molar-refractivity contribution in [3.63, 3.8) is 0 Å². The van der Waals surface area contributed by atoms with Crippen molar-refractivity contribution in [2.24, 2.45) is 5.41 Å². The third-order valence-corrected chi connectivity index (χ3v) is 4.72. The van der Waals surface area contributed by atoms with Gasteiger partial charge in [-0.25, -0.2) is 9.59 Å². The second-order valence-electron chi connectivity index (χ2n) is 8.08. The van der Waals surface area contributed by atoms with E-state index in [1.165, 1.54) is 0 Å². The highest BCUT2D eigenvalue weighted by atomic mass is 16.5. The summed E-state index contributed by atoms with van der Waals surface area (Å²) in [4.78, 5) is 39.0. The molecule has 7 heteroatoms. The smallest absolute Gasteiger partial charge is 0.338 e. The van der Waals surface area contributed by atoms with Crippen LogP contribution in [-0.2, 0) is 14.3 Å². The molecule has 1 aliphatic heterocycles. The van der Waals surface area contributed by atoms with E-state index in [9.17, 15) is 14.4 Å². The van der Waals surface area contributed by atoms with Crippen LogP contribution in [0.15, 0.2) is 35.5 Å². The van der Waals surface area contributed by atoms with Gasteiger partial charge in [0.1, 0.15) is 0 Å². The van der Waals surface area contributed by atoms with E-state index in [2.05, 4.69) is 10.6 Å². The average molecular weight is 402 g/mol. The lowest BCUT2D eigenvalue weighted by atomic mass is 9.94. The Labute approximate surface area is 172 Å². The van der Waals surface area contributed by atoms with Crippen molar-refractivity contribution in [1.29, 1.82) is 0 Å². The maximum atomic E-state index is 12.7. The molecule has 29 heavy (non-hydrogen) atoms. The van der Waals surface area contributed by atoms with Gasteiger partial charge in [-0.05, 0) is 38.0 Å². The zero-order valence-electron chi connectivity index (χ0n) is 18.1. The van der Waals surface area contributed by atoms with Crippen LogP contribution in [0.5, 0.6) is 0 Å². The van der Waals surface area contributed by atoms with Gasteiger partial charge in [-0.15, -0.1) is 0 Å². The van der Waals surface area contributed by atoms with Gasteiger partial charge in [0.15, 0.2) is 0 Å². The van der Waals surface area contributed by atoms with Gasteiger partial charge in [-0.2, -0.15) is 0 Å². The molecule has 0 aliphatic carbocycles. The predicted octanol–water partition coefficient (Wildman–Crippen LogP) is 3.98. The van der Waals surface area contributed by atoms with Crippen LogP contribution in [-0.4, -0.2) is 36.0 Å². The summed E-state index contributed by atoms with van der Waals surface area (Å²) < 4.78 is 5.25. The Morgan fingerprint density at radius 2 is 1.79 bits per heavy atom. The standard InChI is InChI=1S/C22H31N3O4/c1-7-13-25-14(3)17(19(26)29-8-2)18(24-21(25)28)15-9-11-16(12-10-15)23-20(27)22(4,5)6/h9-12,18H,7-8,13H2,1-6H3,(H,23,27)(H,24,28)/t18-/m1/s1. The van der Waals surface area contributed by atoms with Crippen LogP contribution in [0.25, 0.3) is 0 Å². The summed E-state index contributed by atoms with van der Waals surface area (Å²) in [6.07, 6.45) is 0.772. The Balaban J connectivity index is 2.36. The number of urea groups is 1. The highest BCUT2D eigenvalue weighted by Gasteiger charge is 2.36. The Morgan fingerprint density at radius 3 is 2.31 bits per heavy atom. The Kier molecular flexibility index (Phi) is 7.06. The van der Waals surface area contributed by atoms with Crippen molar-refractivity contribution in [3.05, 3.63) is 41.1 Å². The van der Waals surface area contributed by atoms with Gasteiger partial charge in [0.05, 0.1) is 18.2 Å². The number of hydrogen-bond donors (Lipinski definition) is 2. The fraction of sp³-hybridized carbons (Fsp3) is 0.500. The first-order valence-electron chi connectivity index (χ1n) is 9.97. The molecule has 0 saturated carbocycles. The first-order valence-corrected chi connectivity index (χ1v) is 9.97. The third kappa shape index (κ3) is 5.16. The lowest BCUT2D eigenvalue weighted by Crippen LogP contribution is -2.48. The maximum absolute atomic E-state index is 12.7. The van der Waals surface area contributed by atoms with E-state index in [1.807, 2.05) is 27.7 Å². The summed E-state index contributed by atoms with van der Waals surface area (Å²) in [7, 11) is 0. The number of ether oxygens (including phenoxy) is 1. The molecule has 1 aromatic carbocycles. The zero-order chi connectivity index (χ0) is 21.8. The summed E-state index contributed by atoms with van der Waals surface area (Å²) in [5, 5.41) is 5.78. The fourth-order valence-corrected chi connectivity index (χ4v) is 3.07. The molecule has 0 saturated heterocycles. The summed E-state index contributed by atoms with van der Waals surface area (Å²) >= 11 is 0. The number of hydrogen-bond acceptors (Lipinski definition) is 4. The van der Waals surface area contributed by atoms with E-state index in [0.717, 1.165) is 12.0 Å². The van der Waals surface area contributed by atoms with Crippen LogP contribution in [0.2, 0.25) is 0 Å². The van der Waals surface area contributed by atoms with E-state index in [1.54, 1.807) is 43.0 Å². The van der Waals surface area contributed by atoms with Crippen molar-refractivity contribution in [2.75, 3.05) is 18.5 Å². The van der Waals surface area contributed by atoms with E-state index in [4.69, 9.17) is 4.74 Å². The molecular weight excluding hydrogens is 370 g/mol. The molecule has 1 aliphatic rings. The second kappa shape index (κ2) is 9.11. The van der Waals surface area contributed by atoms with Gasteiger partial charge in [0.25, 0.3) is 0 Å². The molecule has 2 N–H and O–H groups in total. The molecule has 2 rings (SSSR count). The van der Waals surface area contributed by atoms with Gasteiger partial charge in [-0.3, -0.25) is 9.69 Å². The normalized spacial score (nSPS) is 17.1. The molecule has 1 atom stereocenters. The minimum absolute atomic E-state index is 0.0885. The molecule has 7 nitrogen and oxygen atoms in total. The monoisotopic (exact) mass is 401 g/mol. The van der Waals surface area contributed by atoms with Gasteiger partial charge < -0.3 is 15.4 Å². The lowest BCUT2D eigenvalue weighted by Gasteiger charge is -2.35. The molecule has 1 aromatic rings. The van der Waals surface area contributed by atoms with E-state index in [-0.39, 0.29) is 18.5 Å². The summed E-state index contributed by atoms with van der Waals surface area (Å²) in [5.74, 6) is -0.532. The second-order valence-corrected chi connectivity index (χ2v) is 8.08. The van der Waals surface area contributed by atoms with E-state index in [0.29, 0.717) is 23.5 Å². The molecule has 3 amide bonds. The maximum Gasteiger partial charge on any atom is 0.338 e. The lowest BCUT2D eigenvalue weighted by molar-refractivity contribution is -0.139. The number of amides is 3. The van der Waals surface area contributed by atoms with E-state index >= 15 is 0 Å². The molecule has 0 unspecified atom stereocenters. The highest BCUT2D eigenvalue weighted by molar-refractivity contribution is 5.96. The van der Waals surface area contributed by atoms with Crippen molar-refractivity contribution in [3.8, 4) is 0 Å². The molecule has 0 fully saturated rings. The molecule has 158 valence electrons. The van der Waals surface area contributed by atoms with Crippen LogP contribution in [0.1, 0.15) is 59.6 Å². The minimum atomic E-state index is -0.609. The van der Waals surface area contributed by atoms with Crippen molar-refractivity contribution in [2.45, 2.75) is 54.0 Å². The number of esters is 1. The van der Waals surface area contributed by atoms with Crippen molar-refractivity contribution in [1.82, 2.24) is 10.2 Å². The van der Waals surface area contributed by atoms with Crippen LogP contribution in [0.3, 0.4) is 0 Å². The summed E-state index contributed by atoms with van der Waals surface area (Å²) in [6.45, 7) is 11.8. The Morgan fingerprint density at radius 1 is 1.17 bits per heavy atom. The summed E-state index contributed by atoms with van der Waals surface area (Å²) in [6, 6.07) is 6.27. The fourth-order valence-electron chi connectivity index (χ4n) is 3.07. The first-order chi connectivity index (χ1) is 13.6. The molecule has 1 heterocycles. The molecule has 0 aromatic heterocycles. The Bertz CT molecular complexity index is 806. The summed E-state index contributed by atoms with van der Waals surface area (Å²) in [5.41, 5.74) is 1.92. The Hall–Kier alpha value is -2.83. The number of benzene rings is 1. The average Bonchev–Trinajstić information content (AvgIpc) is 2.64. The molecule has 0 radical (unpaired) electrons. The predicted molar refractivity (Wildman–Crippen MR) is 112 cm³/mol. The molecular formula is C22H31N3O4. The number of carbonyl (C=O) groups excluding carboxylic acids is 3. The van der Waals surface area contributed by atoms with Crippen molar-refractivity contribution < 1.29 is 19.1 Å². The highest BCUT2D eigenvalue weighted by Crippen LogP contribution is 2.32. The largest absolute Gasteiger partial charge is 0.463 e. The number of nitrogens with zero attached hydrogens (tertiary/aromatic N) is 1. The topological polar surface area (TPSA) is 87.7 Å². The van der Waals surface area contributed by atoms with Crippen molar-refractivity contribution >= 4 is 23.6 Å². The van der Waals surface area contributed by atoms with Gasteiger partial charge >= 0.3 is 12.0 Å². The minimum Gasteiger partial charge on any atom is -0.463 e. The third-order valence-electron chi connectivity index (χ3n) is 4.72.